The molecule has 33 heavy (non-hydrogen) atoms. The lowest BCUT2D eigenvalue weighted by molar-refractivity contribution is -0.123. The predicted octanol–water partition coefficient (Wildman–Crippen LogP) is 3.11. The average Bonchev–Trinajstić information content (AvgIpc) is 3.23. The van der Waals surface area contributed by atoms with Gasteiger partial charge in [-0.25, -0.2) is 19.0 Å². The largest absolute Gasteiger partial charge is 0.481 e. The van der Waals surface area contributed by atoms with Crippen molar-refractivity contribution in [3.05, 3.63) is 36.3 Å². The highest BCUT2D eigenvalue weighted by Gasteiger charge is 2.14. The van der Waals surface area contributed by atoms with Crippen molar-refractivity contribution in [1.82, 2.24) is 25.1 Å². The molecule has 3 rings (SSSR count). The second kappa shape index (κ2) is 12.9. The standard InChI is InChI=1S/C22H29FN6O3S/c1-3-13-33-22-27-20(25-10-12-31-4-2)16-14-26-29(21(16)28-22)11-9-24-19(30)15-32-18-8-6-5-7-17(18)23/h5-8,14H,3-4,9-13,15H2,1-2H3,(H,24,30)(H,25,27,28). The molecule has 0 radical (unpaired) electrons. The highest BCUT2D eigenvalue weighted by atomic mass is 32.2. The number of ether oxygens (including phenoxy) is 2. The summed E-state index contributed by atoms with van der Waals surface area (Å²) < 4.78 is 25.9. The van der Waals surface area contributed by atoms with Gasteiger partial charge in [-0.2, -0.15) is 5.10 Å². The van der Waals surface area contributed by atoms with Crippen LogP contribution in [0.1, 0.15) is 20.3 Å². The molecule has 0 aliphatic heterocycles. The maximum atomic E-state index is 13.6. The van der Waals surface area contributed by atoms with Crippen LogP contribution >= 0.6 is 11.8 Å². The lowest BCUT2D eigenvalue weighted by Crippen LogP contribution is -2.31. The van der Waals surface area contributed by atoms with Gasteiger partial charge >= 0.3 is 0 Å². The van der Waals surface area contributed by atoms with Gasteiger partial charge in [-0.05, 0) is 25.5 Å². The van der Waals surface area contributed by atoms with Gasteiger partial charge in [0.15, 0.2) is 29.0 Å². The second-order valence-corrected chi connectivity index (χ2v) is 8.06. The van der Waals surface area contributed by atoms with E-state index in [1.54, 1.807) is 34.8 Å². The third kappa shape index (κ3) is 7.29. The first kappa shape index (κ1) is 24.7. The van der Waals surface area contributed by atoms with E-state index in [9.17, 15) is 9.18 Å². The van der Waals surface area contributed by atoms with Gasteiger partial charge in [0.2, 0.25) is 0 Å². The quantitative estimate of drug-likeness (QED) is 0.208. The molecule has 2 heterocycles. The van der Waals surface area contributed by atoms with E-state index in [2.05, 4.69) is 32.6 Å². The summed E-state index contributed by atoms with van der Waals surface area (Å²) in [6, 6.07) is 5.97. The summed E-state index contributed by atoms with van der Waals surface area (Å²) in [6.07, 6.45) is 2.73. The molecule has 3 aromatic rings. The van der Waals surface area contributed by atoms with E-state index < -0.39 is 5.82 Å². The minimum atomic E-state index is -0.504. The topological polar surface area (TPSA) is 103 Å². The molecule has 0 saturated heterocycles. The number of halogens is 1. The van der Waals surface area contributed by atoms with E-state index in [-0.39, 0.29) is 18.3 Å². The van der Waals surface area contributed by atoms with Crippen LogP contribution in [0.2, 0.25) is 0 Å². The van der Waals surface area contributed by atoms with Gasteiger partial charge in [-0.3, -0.25) is 4.79 Å². The predicted molar refractivity (Wildman–Crippen MR) is 126 cm³/mol. The number of fused-ring (bicyclic) bond motifs is 1. The Morgan fingerprint density at radius 1 is 1.21 bits per heavy atom. The molecule has 0 atom stereocenters. The summed E-state index contributed by atoms with van der Waals surface area (Å²) in [4.78, 5) is 21.4. The number of benzene rings is 1. The molecule has 2 N–H and O–H groups in total. The van der Waals surface area contributed by atoms with Crippen LogP contribution in [0.4, 0.5) is 10.2 Å². The number of hydrogen-bond donors (Lipinski definition) is 2. The normalized spacial score (nSPS) is 11.0. The van der Waals surface area contributed by atoms with Crippen LogP contribution in [0.25, 0.3) is 11.0 Å². The highest BCUT2D eigenvalue weighted by molar-refractivity contribution is 7.99. The van der Waals surface area contributed by atoms with Gasteiger partial charge in [-0.15, -0.1) is 0 Å². The highest BCUT2D eigenvalue weighted by Crippen LogP contribution is 2.24. The van der Waals surface area contributed by atoms with E-state index in [0.717, 1.165) is 17.6 Å². The molecule has 0 aliphatic carbocycles. The zero-order valence-electron chi connectivity index (χ0n) is 18.8. The van der Waals surface area contributed by atoms with Crippen molar-refractivity contribution in [1.29, 1.82) is 0 Å². The Labute approximate surface area is 196 Å². The van der Waals surface area contributed by atoms with Gasteiger partial charge in [-0.1, -0.05) is 30.8 Å². The molecule has 0 saturated carbocycles. The van der Waals surface area contributed by atoms with Crippen molar-refractivity contribution in [3.63, 3.8) is 0 Å². The zero-order valence-corrected chi connectivity index (χ0v) is 19.7. The fraction of sp³-hybridized carbons (Fsp3) is 0.455. The van der Waals surface area contributed by atoms with E-state index in [4.69, 9.17) is 9.47 Å². The molecule has 0 unspecified atom stereocenters. The number of para-hydroxylation sites is 1. The van der Waals surface area contributed by atoms with Crippen molar-refractivity contribution >= 4 is 34.5 Å². The molecule has 2 aromatic heterocycles. The van der Waals surface area contributed by atoms with E-state index in [1.807, 2.05) is 6.92 Å². The van der Waals surface area contributed by atoms with E-state index in [0.29, 0.717) is 49.5 Å². The first-order valence-electron chi connectivity index (χ1n) is 10.9. The van der Waals surface area contributed by atoms with Crippen LogP contribution in [-0.4, -0.2) is 64.3 Å². The first-order valence-corrected chi connectivity index (χ1v) is 11.9. The minimum absolute atomic E-state index is 0.0453. The van der Waals surface area contributed by atoms with Crippen LogP contribution in [-0.2, 0) is 16.1 Å². The van der Waals surface area contributed by atoms with Gasteiger partial charge in [0.05, 0.1) is 24.7 Å². The molecule has 0 bridgehead atoms. The molecule has 0 aliphatic rings. The minimum Gasteiger partial charge on any atom is -0.481 e. The Morgan fingerprint density at radius 3 is 2.85 bits per heavy atom. The Balaban J connectivity index is 1.61. The fourth-order valence-electron chi connectivity index (χ4n) is 2.93. The third-order valence-corrected chi connectivity index (χ3v) is 5.55. The summed E-state index contributed by atoms with van der Waals surface area (Å²) in [5.74, 6) is 0.823. The monoisotopic (exact) mass is 476 g/mol. The Morgan fingerprint density at radius 2 is 2.06 bits per heavy atom. The molecule has 11 heteroatoms. The molecule has 178 valence electrons. The Hall–Kier alpha value is -2.92. The lowest BCUT2D eigenvalue weighted by Gasteiger charge is -2.10. The van der Waals surface area contributed by atoms with Crippen LogP contribution in [0.3, 0.4) is 0 Å². The van der Waals surface area contributed by atoms with Crippen LogP contribution in [0, 0.1) is 5.82 Å². The number of nitrogens with zero attached hydrogens (tertiary/aromatic N) is 4. The lowest BCUT2D eigenvalue weighted by atomic mass is 10.3. The smallest absolute Gasteiger partial charge is 0.258 e. The number of nitrogens with one attached hydrogen (secondary N) is 2. The first-order chi connectivity index (χ1) is 16.1. The molecule has 0 spiro atoms. The van der Waals surface area contributed by atoms with Crippen molar-refractivity contribution in [3.8, 4) is 5.75 Å². The number of hydrogen-bond acceptors (Lipinski definition) is 8. The average molecular weight is 477 g/mol. The van der Waals surface area contributed by atoms with Crippen LogP contribution in [0.5, 0.6) is 5.75 Å². The van der Waals surface area contributed by atoms with Crippen molar-refractivity contribution in [2.75, 3.05) is 44.0 Å². The van der Waals surface area contributed by atoms with Crippen molar-refractivity contribution in [2.45, 2.75) is 32.0 Å². The second-order valence-electron chi connectivity index (χ2n) is 7.00. The van der Waals surface area contributed by atoms with Gasteiger partial charge < -0.3 is 20.1 Å². The molecule has 9 nitrogen and oxygen atoms in total. The van der Waals surface area contributed by atoms with Crippen molar-refractivity contribution < 1.29 is 18.7 Å². The van der Waals surface area contributed by atoms with Crippen LogP contribution < -0.4 is 15.4 Å². The summed E-state index contributed by atoms with van der Waals surface area (Å²) in [5, 5.41) is 12.0. The van der Waals surface area contributed by atoms with E-state index >= 15 is 0 Å². The maximum absolute atomic E-state index is 13.6. The number of amides is 1. The Bertz CT molecular complexity index is 1050. The number of anilines is 1. The summed E-state index contributed by atoms with van der Waals surface area (Å²) in [6.45, 7) is 6.40. The fourth-order valence-corrected chi connectivity index (χ4v) is 3.63. The molecule has 1 amide bonds. The Kier molecular flexibility index (Phi) is 9.70. The number of carbonyl (C=O) groups is 1. The number of carbonyl (C=O) groups excluding carboxylic acids is 1. The number of rotatable bonds is 14. The van der Waals surface area contributed by atoms with Crippen molar-refractivity contribution in [2.24, 2.45) is 0 Å². The molecule has 1 aromatic carbocycles. The molecular weight excluding hydrogens is 447 g/mol. The zero-order chi connectivity index (χ0) is 23.5. The van der Waals surface area contributed by atoms with E-state index in [1.165, 1.54) is 12.1 Å². The van der Waals surface area contributed by atoms with Gasteiger partial charge in [0, 0.05) is 25.4 Å². The van der Waals surface area contributed by atoms with Gasteiger partial charge in [0.1, 0.15) is 5.82 Å². The number of thioether (sulfide) groups is 1. The number of aromatic nitrogens is 4. The molecular formula is C22H29FN6O3S. The summed E-state index contributed by atoms with van der Waals surface area (Å²) in [7, 11) is 0. The summed E-state index contributed by atoms with van der Waals surface area (Å²) in [5.41, 5.74) is 0.694. The SMILES string of the molecule is CCCSc1nc(NCCOCC)c2cnn(CCNC(=O)COc3ccccc3F)c2n1. The van der Waals surface area contributed by atoms with Crippen LogP contribution in [0.15, 0.2) is 35.6 Å². The van der Waals surface area contributed by atoms with Gasteiger partial charge in [0.25, 0.3) is 5.91 Å². The maximum Gasteiger partial charge on any atom is 0.258 e. The third-order valence-electron chi connectivity index (χ3n) is 4.50. The molecule has 0 fully saturated rings. The summed E-state index contributed by atoms with van der Waals surface area (Å²) >= 11 is 1.59.